The summed E-state index contributed by atoms with van der Waals surface area (Å²) in [6, 6.07) is 0.261. The molecule has 0 amide bonds. The van der Waals surface area contributed by atoms with Crippen molar-refractivity contribution in [2.75, 3.05) is 7.11 Å². The number of nitrogens with one attached hydrogen (secondary N) is 1. The largest absolute Gasteiger partial charge is 0.380 e. The van der Waals surface area contributed by atoms with E-state index in [-0.39, 0.29) is 12.1 Å². The molecule has 0 saturated heterocycles. The van der Waals surface area contributed by atoms with Crippen LogP contribution >= 0.6 is 0 Å². The van der Waals surface area contributed by atoms with Gasteiger partial charge < -0.3 is 4.74 Å². The Morgan fingerprint density at radius 2 is 1.87 bits per heavy atom. The van der Waals surface area contributed by atoms with Gasteiger partial charge in [0.2, 0.25) is 0 Å². The van der Waals surface area contributed by atoms with E-state index in [9.17, 15) is 0 Å². The van der Waals surface area contributed by atoms with Gasteiger partial charge in [-0.3, -0.25) is 11.3 Å². The number of nitrogens with two attached hydrogens (primary N) is 1. The minimum absolute atomic E-state index is 0.203. The van der Waals surface area contributed by atoms with E-state index in [1.807, 2.05) is 0 Å². The van der Waals surface area contributed by atoms with E-state index in [1.165, 1.54) is 12.8 Å². The molecular weight excluding hydrogens is 188 g/mol. The van der Waals surface area contributed by atoms with Gasteiger partial charge in [0.1, 0.15) is 0 Å². The third-order valence-electron chi connectivity index (χ3n) is 2.98. The molecular formula is C12H28N2O. The molecule has 15 heavy (non-hydrogen) atoms. The Bertz CT molecular complexity index is 151. The Labute approximate surface area is 94.7 Å². The Morgan fingerprint density at radius 3 is 2.20 bits per heavy atom. The minimum atomic E-state index is 0.203. The Kier molecular flexibility index (Phi) is 8.02. The lowest BCUT2D eigenvalue weighted by atomic mass is 9.90. The van der Waals surface area contributed by atoms with Crippen LogP contribution in [0.1, 0.15) is 47.0 Å². The number of ether oxygens (including phenoxy) is 1. The van der Waals surface area contributed by atoms with Crippen LogP contribution < -0.4 is 11.3 Å². The summed E-state index contributed by atoms with van der Waals surface area (Å²) in [5.74, 6) is 6.79. The molecule has 0 radical (unpaired) electrons. The fraction of sp³-hybridized carbons (Fsp3) is 1.00. The van der Waals surface area contributed by atoms with Crippen molar-refractivity contribution in [1.82, 2.24) is 5.43 Å². The normalized spacial score (nSPS) is 17.8. The molecule has 0 fully saturated rings. The van der Waals surface area contributed by atoms with Crippen LogP contribution in [0.3, 0.4) is 0 Å². The Balaban J connectivity index is 4.20. The summed E-state index contributed by atoms with van der Waals surface area (Å²) in [4.78, 5) is 0. The second-order valence-electron chi connectivity index (χ2n) is 4.85. The highest BCUT2D eigenvalue weighted by atomic mass is 16.5. The molecule has 3 heteroatoms. The van der Waals surface area contributed by atoms with E-state index < -0.39 is 0 Å². The van der Waals surface area contributed by atoms with Crippen molar-refractivity contribution in [3.05, 3.63) is 0 Å². The van der Waals surface area contributed by atoms with Crippen molar-refractivity contribution < 1.29 is 4.74 Å². The summed E-state index contributed by atoms with van der Waals surface area (Å²) in [7, 11) is 1.76. The SMILES string of the molecule is CCCC(C)CC(NN)C(OC)C(C)C. The van der Waals surface area contributed by atoms with Crippen molar-refractivity contribution in [2.45, 2.75) is 59.1 Å². The lowest BCUT2D eigenvalue weighted by molar-refractivity contribution is 0.0261. The summed E-state index contributed by atoms with van der Waals surface area (Å²) < 4.78 is 5.50. The minimum Gasteiger partial charge on any atom is -0.380 e. The van der Waals surface area contributed by atoms with Gasteiger partial charge >= 0.3 is 0 Å². The molecule has 0 aromatic carbocycles. The van der Waals surface area contributed by atoms with Crippen molar-refractivity contribution >= 4 is 0 Å². The van der Waals surface area contributed by atoms with Crippen LogP contribution in [0.2, 0.25) is 0 Å². The highest BCUT2D eigenvalue weighted by Crippen LogP contribution is 2.19. The monoisotopic (exact) mass is 216 g/mol. The third-order valence-corrected chi connectivity index (χ3v) is 2.98. The summed E-state index contributed by atoms with van der Waals surface area (Å²) in [5.41, 5.74) is 2.90. The maximum atomic E-state index is 5.60. The first-order valence-corrected chi connectivity index (χ1v) is 6.05. The Morgan fingerprint density at radius 1 is 1.27 bits per heavy atom. The second-order valence-corrected chi connectivity index (χ2v) is 4.85. The van der Waals surface area contributed by atoms with Gasteiger partial charge in [-0.1, -0.05) is 40.5 Å². The molecule has 0 aromatic rings. The van der Waals surface area contributed by atoms with Gasteiger partial charge in [-0.2, -0.15) is 0 Å². The highest BCUT2D eigenvalue weighted by Gasteiger charge is 2.24. The van der Waals surface area contributed by atoms with E-state index in [4.69, 9.17) is 10.6 Å². The van der Waals surface area contributed by atoms with E-state index in [0.29, 0.717) is 11.8 Å². The van der Waals surface area contributed by atoms with Crippen LogP contribution in [0.4, 0.5) is 0 Å². The zero-order chi connectivity index (χ0) is 11.8. The predicted octanol–water partition coefficient (Wildman–Crippen LogP) is 2.32. The number of methoxy groups -OCH3 is 1. The van der Waals surface area contributed by atoms with E-state index in [0.717, 1.165) is 6.42 Å². The topological polar surface area (TPSA) is 47.3 Å². The van der Waals surface area contributed by atoms with Gasteiger partial charge in [0.25, 0.3) is 0 Å². The number of hydrogen-bond donors (Lipinski definition) is 2. The maximum Gasteiger partial charge on any atom is 0.0760 e. The van der Waals surface area contributed by atoms with Crippen LogP contribution in [0.15, 0.2) is 0 Å². The number of hydrogen-bond acceptors (Lipinski definition) is 3. The molecule has 0 spiro atoms. The Hall–Kier alpha value is -0.120. The van der Waals surface area contributed by atoms with E-state index >= 15 is 0 Å². The molecule has 0 aromatic heterocycles. The molecule has 3 unspecified atom stereocenters. The first-order chi connectivity index (χ1) is 7.06. The smallest absolute Gasteiger partial charge is 0.0760 e. The molecule has 0 aliphatic carbocycles. The third kappa shape index (κ3) is 5.50. The van der Waals surface area contributed by atoms with Gasteiger partial charge in [0, 0.05) is 13.2 Å². The predicted molar refractivity (Wildman–Crippen MR) is 65.4 cm³/mol. The van der Waals surface area contributed by atoms with Crippen molar-refractivity contribution in [3.8, 4) is 0 Å². The molecule has 3 atom stereocenters. The molecule has 3 nitrogen and oxygen atoms in total. The lowest BCUT2D eigenvalue weighted by Crippen LogP contribution is -2.48. The lowest BCUT2D eigenvalue weighted by Gasteiger charge is -2.30. The van der Waals surface area contributed by atoms with Gasteiger partial charge in [-0.25, -0.2) is 0 Å². The van der Waals surface area contributed by atoms with Crippen molar-refractivity contribution in [1.29, 1.82) is 0 Å². The first-order valence-electron chi connectivity index (χ1n) is 6.05. The maximum absolute atomic E-state index is 5.60. The van der Waals surface area contributed by atoms with Crippen LogP contribution in [0.5, 0.6) is 0 Å². The molecule has 0 saturated carbocycles. The zero-order valence-corrected chi connectivity index (χ0v) is 10.9. The van der Waals surface area contributed by atoms with Gasteiger partial charge in [-0.05, 0) is 18.3 Å². The van der Waals surface area contributed by atoms with Crippen LogP contribution in [-0.4, -0.2) is 19.3 Å². The fourth-order valence-electron chi connectivity index (χ4n) is 2.24. The van der Waals surface area contributed by atoms with Crippen LogP contribution in [0.25, 0.3) is 0 Å². The average Bonchev–Trinajstić information content (AvgIpc) is 2.17. The van der Waals surface area contributed by atoms with Crippen molar-refractivity contribution in [2.24, 2.45) is 17.7 Å². The summed E-state index contributed by atoms with van der Waals surface area (Å²) in [6.07, 6.45) is 3.78. The molecule has 0 heterocycles. The first kappa shape index (κ1) is 14.9. The second kappa shape index (κ2) is 8.08. The highest BCUT2D eigenvalue weighted by molar-refractivity contribution is 4.79. The molecule has 3 N–H and O–H groups in total. The van der Waals surface area contributed by atoms with Gasteiger partial charge in [-0.15, -0.1) is 0 Å². The summed E-state index contributed by atoms with van der Waals surface area (Å²) >= 11 is 0. The zero-order valence-electron chi connectivity index (χ0n) is 10.9. The standard InChI is InChI=1S/C12H28N2O/c1-6-7-10(4)8-11(14-13)12(15-5)9(2)3/h9-12,14H,6-8,13H2,1-5H3. The number of hydrazine groups is 1. The number of rotatable bonds is 8. The van der Waals surface area contributed by atoms with E-state index in [1.54, 1.807) is 7.11 Å². The van der Waals surface area contributed by atoms with Crippen LogP contribution in [0, 0.1) is 11.8 Å². The van der Waals surface area contributed by atoms with Crippen LogP contribution in [-0.2, 0) is 4.74 Å². The quantitative estimate of drug-likeness (QED) is 0.483. The van der Waals surface area contributed by atoms with Gasteiger partial charge in [0.05, 0.1) is 6.10 Å². The molecule has 0 bridgehead atoms. The summed E-state index contributed by atoms with van der Waals surface area (Å²) in [5, 5.41) is 0. The molecule has 0 rings (SSSR count). The van der Waals surface area contributed by atoms with E-state index in [2.05, 4.69) is 33.1 Å². The molecule has 92 valence electrons. The fourth-order valence-corrected chi connectivity index (χ4v) is 2.24. The van der Waals surface area contributed by atoms with Crippen molar-refractivity contribution in [3.63, 3.8) is 0 Å². The van der Waals surface area contributed by atoms with Gasteiger partial charge in [0.15, 0.2) is 0 Å². The summed E-state index contributed by atoms with van der Waals surface area (Å²) in [6.45, 7) is 8.84. The molecule has 0 aliphatic rings. The molecule has 0 aliphatic heterocycles. The average molecular weight is 216 g/mol.